The van der Waals surface area contributed by atoms with E-state index in [1.807, 2.05) is 26.0 Å². The zero-order valence-corrected chi connectivity index (χ0v) is 16.4. The van der Waals surface area contributed by atoms with Crippen LogP contribution in [-0.2, 0) is 0 Å². The lowest BCUT2D eigenvalue weighted by molar-refractivity contribution is 0.103. The van der Waals surface area contributed by atoms with Gasteiger partial charge >= 0.3 is 0 Å². The van der Waals surface area contributed by atoms with E-state index in [2.05, 4.69) is 26.7 Å². The number of amides is 1. The Bertz CT molecular complexity index is 927. The second-order valence-corrected chi connectivity index (χ2v) is 9.37. The van der Waals surface area contributed by atoms with Crippen molar-refractivity contribution in [3.8, 4) is 0 Å². The fourth-order valence-corrected chi connectivity index (χ4v) is 5.31. The summed E-state index contributed by atoms with van der Waals surface area (Å²) >= 11 is 4.81. The number of nitrogens with one attached hydrogen (secondary N) is 1. The van der Waals surface area contributed by atoms with Crippen molar-refractivity contribution in [3.63, 3.8) is 0 Å². The Morgan fingerprint density at radius 3 is 2.84 bits per heavy atom. The van der Waals surface area contributed by atoms with Crippen molar-refractivity contribution in [1.82, 2.24) is 9.97 Å². The first-order valence-corrected chi connectivity index (χ1v) is 10.6. The zero-order valence-electron chi connectivity index (χ0n) is 13.9. The van der Waals surface area contributed by atoms with E-state index in [0.29, 0.717) is 10.8 Å². The van der Waals surface area contributed by atoms with E-state index in [9.17, 15) is 4.79 Å². The summed E-state index contributed by atoms with van der Waals surface area (Å²) in [6.45, 7) is 4.01. The van der Waals surface area contributed by atoms with Gasteiger partial charge in [-0.2, -0.15) is 0 Å². The van der Waals surface area contributed by atoms with Crippen LogP contribution < -0.4 is 5.32 Å². The summed E-state index contributed by atoms with van der Waals surface area (Å²) < 4.78 is 1.03. The van der Waals surface area contributed by atoms with Crippen LogP contribution in [0.5, 0.6) is 0 Å². The predicted octanol–water partition coefficient (Wildman–Crippen LogP) is 5.50. The molecule has 4 rings (SSSR count). The standard InChI is InChI=1S/C18H17N3OS3/c1-10-7-13(24-18-20-11(2)9-23-18)5-6-14(10)21-16(22)15-8-19-17(25-15)12-3-4-12/h5-9,12H,3-4H2,1-2H3,(H,21,22). The maximum Gasteiger partial charge on any atom is 0.267 e. The molecule has 0 saturated heterocycles. The number of anilines is 1. The molecule has 2 heterocycles. The second-order valence-electron chi connectivity index (χ2n) is 6.12. The fourth-order valence-electron chi connectivity index (χ4n) is 2.42. The van der Waals surface area contributed by atoms with E-state index in [0.717, 1.165) is 31.2 Å². The van der Waals surface area contributed by atoms with Gasteiger partial charge in [0.15, 0.2) is 4.34 Å². The topological polar surface area (TPSA) is 54.9 Å². The molecule has 0 unspecified atom stereocenters. The highest BCUT2D eigenvalue weighted by Crippen LogP contribution is 2.41. The average molecular weight is 388 g/mol. The molecule has 25 heavy (non-hydrogen) atoms. The van der Waals surface area contributed by atoms with Crippen LogP contribution in [0, 0.1) is 13.8 Å². The van der Waals surface area contributed by atoms with Crippen molar-refractivity contribution in [2.24, 2.45) is 0 Å². The molecule has 3 aromatic rings. The molecule has 0 atom stereocenters. The molecule has 0 bridgehead atoms. The van der Waals surface area contributed by atoms with Gasteiger partial charge in [0.2, 0.25) is 0 Å². The van der Waals surface area contributed by atoms with Crippen LogP contribution in [0.3, 0.4) is 0 Å². The van der Waals surface area contributed by atoms with E-state index >= 15 is 0 Å². The molecule has 0 aliphatic heterocycles. The maximum absolute atomic E-state index is 12.4. The molecular formula is C18H17N3OS3. The van der Waals surface area contributed by atoms with Gasteiger partial charge in [-0.1, -0.05) is 11.8 Å². The molecule has 1 aromatic carbocycles. The maximum atomic E-state index is 12.4. The average Bonchev–Trinajstić information content (AvgIpc) is 3.17. The largest absolute Gasteiger partial charge is 0.321 e. The normalized spacial score (nSPS) is 13.8. The Labute approximate surface area is 158 Å². The molecule has 2 aromatic heterocycles. The molecule has 0 radical (unpaired) electrons. The number of rotatable bonds is 5. The molecule has 1 N–H and O–H groups in total. The van der Waals surface area contributed by atoms with Crippen molar-refractivity contribution < 1.29 is 4.79 Å². The minimum absolute atomic E-state index is 0.0801. The van der Waals surface area contributed by atoms with Gasteiger partial charge in [-0.15, -0.1) is 22.7 Å². The van der Waals surface area contributed by atoms with Crippen LogP contribution in [0.15, 0.2) is 39.0 Å². The number of aromatic nitrogens is 2. The van der Waals surface area contributed by atoms with Gasteiger partial charge in [-0.3, -0.25) is 4.79 Å². The molecule has 1 amide bonds. The van der Waals surface area contributed by atoms with Gasteiger partial charge in [0.1, 0.15) is 4.88 Å². The van der Waals surface area contributed by atoms with Gasteiger partial charge < -0.3 is 5.32 Å². The number of benzene rings is 1. The Morgan fingerprint density at radius 2 is 2.16 bits per heavy atom. The Balaban J connectivity index is 1.45. The smallest absolute Gasteiger partial charge is 0.267 e. The quantitative estimate of drug-likeness (QED) is 0.628. The van der Waals surface area contributed by atoms with Gasteiger partial charge in [0.25, 0.3) is 5.91 Å². The summed E-state index contributed by atoms with van der Waals surface area (Å²) in [6.07, 6.45) is 4.09. The molecule has 1 aliphatic rings. The summed E-state index contributed by atoms with van der Waals surface area (Å²) in [5.74, 6) is 0.502. The lowest BCUT2D eigenvalue weighted by Gasteiger charge is -2.08. The van der Waals surface area contributed by atoms with Gasteiger partial charge in [0.05, 0.1) is 11.2 Å². The van der Waals surface area contributed by atoms with Gasteiger partial charge in [-0.25, -0.2) is 9.97 Å². The van der Waals surface area contributed by atoms with Gasteiger partial charge in [-0.05, 0) is 50.5 Å². The molecule has 1 aliphatic carbocycles. The minimum atomic E-state index is -0.0801. The minimum Gasteiger partial charge on any atom is -0.321 e. The Morgan fingerprint density at radius 1 is 1.32 bits per heavy atom. The number of carbonyl (C=O) groups excluding carboxylic acids is 1. The van der Waals surface area contributed by atoms with Crippen LogP contribution in [0.25, 0.3) is 0 Å². The highest BCUT2D eigenvalue weighted by Gasteiger charge is 2.27. The Hall–Kier alpha value is -1.70. The van der Waals surface area contributed by atoms with Crippen molar-refractivity contribution in [3.05, 3.63) is 50.9 Å². The van der Waals surface area contributed by atoms with Crippen molar-refractivity contribution in [2.75, 3.05) is 5.32 Å². The van der Waals surface area contributed by atoms with Crippen LogP contribution in [-0.4, -0.2) is 15.9 Å². The van der Waals surface area contributed by atoms with Crippen molar-refractivity contribution >= 4 is 46.0 Å². The third-order valence-corrected chi connectivity index (χ3v) is 7.13. The first-order chi connectivity index (χ1) is 12.1. The molecule has 4 nitrogen and oxygen atoms in total. The van der Waals surface area contributed by atoms with E-state index < -0.39 is 0 Å². The number of aryl methyl sites for hydroxylation is 2. The molecule has 7 heteroatoms. The lowest BCUT2D eigenvalue weighted by atomic mass is 10.2. The Kier molecular flexibility index (Phi) is 4.62. The lowest BCUT2D eigenvalue weighted by Crippen LogP contribution is -2.11. The third-order valence-electron chi connectivity index (χ3n) is 3.92. The van der Waals surface area contributed by atoms with E-state index in [1.54, 1.807) is 29.3 Å². The number of nitrogens with zero attached hydrogens (tertiary/aromatic N) is 2. The summed E-state index contributed by atoms with van der Waals surface area (Å²) in [5.41, 5.74) is 2.92. The number of thiazole rings is 2. The van der Waals surface area contributed by atoms with Crippen LogP contribution in [0.2, 0.25) is 0 Å². The number of hydrogen-bond acceptors (Lipinski definition) is 6. The second kappa shape index (κ2) is 6.90. The predicted molar refractivity (Wildman–Crippen MR) is 104 cm³/mol. The molecule has 1 saturated carbocycles. The zero-order chi connectivity index (χ0) is 17.4. The van der Waals surface area contributed by atoms with Crippen LogP contribution in [0.1, 0.15) is 44.7 Å². The first-order valence-electron chi connectivity index (χ1n) is 8.06. The van der Waals surface area contributed by atoms with E-state index in [-0.39, 0.29) is 5.91 Å². The summed E-state index contributed by atoms with van der Waals surface area (Å²) in [7, 11) is 0. The number of hydrogen-bond donors (Lipinski definition) is 1. The van der Waals surface area contributed by atoms with Crippen molar-refractivity contribution in [2.45, 2.75) is 41.8 Å². The summed E-state index contributed by atoms with van der Waals surface area (Å²) in [6, 6.07) is 6.06. The molecule has 1 fully saturated rings. The number of carbonyl (C=O) groups is 1. The highest BCUT2D eigenvalue weighted by molar-refractivity contribution is 8.01. The highest BCUT2D eigenvalue weighted by atomic mass is 32.2. The fraction of sp³-hybridized carbons (Fsp3) is 0.278. The molecule has 0 spiro atoms. The monoisotopic (exact) mass is 387 g/mol. The van der Waals surface area contributed by atoms with Gasteiger partial charge in [0, 0.05) is 27.6 Å². The summed E-state index contributed by atoms with van der Waals surface area (Å²) in [5, 5.41) is 6.14. The van der Waals surface area contributed by atoms with Crippen molar-refractivity contribution in [1.29, 1.82) is 0 Å². The van der Waals surface area contributed by atoms with E-state index in [1.165, 1.54) is 24.2 Å². The molecular weight excluding hydrogens is 370 g/mol. The van der Waals surface area contributed by atoms with Crippen LogP contribution in [0.4, 0.5) is 5.69 Å². The third kappa shape index (κ3) is 3.94. The SMILES string of the molecule is Cc1csc(Sc2ccc(NC(=O)c3cnc(C4CC4)s3)c(C)c2)n1. The molecule has 128 valence electrons. The first kappa shape index (κ1) is 16.8. The summed E-state index contributed by atoms with van der Waals surface area (Å²) in [4.78, 5) is 23.1. The van der Waals surface area contributed by atoms with E-state index in [4.69, 9.17) is 0 Å². The van der Waals surface area contributed by atoms with Crippen LogP contribution >= 0.6 is 34.4 Å².